The summed E-state index contributed by atoms with van der Waals surface area (Å²) < 4.78 is 1.89. The first kappa shape index (κ1) is 17.4. The van der Waals surface area contributed by atoms with Crippen molar-refractivity contribution in [1.82, 2.24) is 20.6 Å². The maximum Gasteiger partial charge on any atom is 0.337 e. The number of carbonyl (C=O) groups excluding carboxylic acids is 2. The molecule has 24 heavy (non-hydrogen) atoms. The van der Waals surface area contributed by atoms with Crippen LogP contribution in [0.5, 0.6) is 0 Å². The predicted octanol–water partition coefficient (Wildman–Crippen LogP) is 1.87. The second-order valence-corrected chi connectivity index (χ2v) is 5.51. The van der Waals surface area contributed by atoms with Crippen LogP contribution in [0.1, 0.15) is 16.2 Å². The van der Waals surface area contributed by atoms with Crippen molar-refractivity contribution in [3.05, 3.63) is 50.2 Å². The second kappa shape index (κ2) is 7.08. The standard InChI is InChI=1S/C13H13BrN6O4/c1-7-10(14)11(19(2)18-7)12(21)16-17-13(22)15-8-4-3-5-9(6-8)20(23)24/h3-6H,1-2H3,(H,16,21)(H2,15,17,22). The predicted molar refractivity (Wildman–Crippen MR) is 88.4 cm³/mol. The van der Waals surface area contributed by atoms with Crippen LogP contribution in [0.25, 0.3) is 0 Å². The highest BCUT2D eigenvalue weighted by atomic mass is 79.9. The lowest BCUT2D eigenvalue weighted by molar-refractivity contribution is -0.384. The van der Waals surface area contributed by atoms with E-state index in [9.17, 15) is 19.7 Å². The van der Waals surface area contributed by atoms with Gasteiger partial charge in [-0.25, -0.2) is 10.2 Å². The van der Waals surface area contributed by atoms with E-state index in [1.165, 1.54) is 28.9 Å². The minimum Gasteiger partial charge on any atom is -0.306 e. The van der Waals surface area contributed by atoms with Crippen LogP contribution >= 0.6 is 15.9 Å². The van der Waals surface area contributed by atoms with Crippen molar-refractivity contribution >= 4 is 39.2 Å². The third-order valence-corrected chi connectivity index (χ3v) is 3.92. The van der Waals surface area contributed by atoms with Crippen molar-refractivity contribution in [2.75, 3.05) is 5.32 Å². The monoisotopic (exact) mass is 396 g/mol. The number of rotatable bonds is 3. The summed E-state index contributed by atoms with van der Waals surface area (Å²) >= 11 is 3.25. The van der Waals surface area contributed by atoms with Gasteiger partial charge in [-0.3, -0.25) is 25.0 Å². The molecule has 1 heterocycles. The lowest BCUT2D eigenvalue weighted by Gasteiger charge is -2.09. The Balaban J connectivity index is 1.97. The van der Waals surface area contributed by atoms with Crippen molar-refractivity contribution in [3.63, 3.8) is 0 Å². The zero-order chi connectivity index (χ0) is 17.9. The topological polar surface area (TPSA) is 131 Å². The van der Waals surface area contributed by atoms with E-state index >= 15 is 0 Å². The number of nitro benzene ring substituents is 1. The first-order valence-corrected chi connectivity index (χ1v) is 7.39. The molecule has 0 bridgehead atoms. The molecule has 0 unspecified atom stereocenters. The number of aromatic nitrogens is 2. The minimum absolute atomic E-state index is 0.161. The first-order valence-electron chi connectivity index (χ1n) is 6.60. The highest BCUT2D eigenvalue weighted by Gasteiger charge is 2.18. The van der Waals surface area contributed by atoms with Gasteiger partial charge in [0.1, 0.15) is 5.69 Å². The third-order valence-electron chi connectivity index (χ3n) is 2.97. The van der Waals surface area contributed by atoms with Gasteiger partial charge in [0.15, 0.2) is 0 Å². The van der Waals surface area contributed by atoms with Crippen molar-refractivity contribution < 1.29 is 14.5 Å². The van der Waals surface area contributed by atoms with E-state index in [2.05, 4.69) is 37.2 Å². The van der Waals surface area contributed by atoms with Crippen LogP contribution in [-0.2, 0) is 7.05 Å². The number of aryl methyl sites for hydroxylation is 2. The minimum atomic E-state index is -0.751. The summed E-state index contributed by atoms with van der Waals surface area (Å²) in [6.07, 6.45) is 0. The van der Waals surface area contributed by atoms with Gasteiger partial charge in [0.05, 0.1) is 15.1 Å². The molecule has 3 N–H and O–H groups in total. The molecule has 0 aliphatic heterocycles. The zero-order valence-corrected chi connectivity index (χ0v) is 14.2. The molecule has 126 valence electrons. The lowest BCUT2D eigenvalue weighted by Crippen LogP contribution is -2.44. The Kier molecular flexibility index (Phi) is 5.14. The highest BCUT2D eigenvalue weighted by Crippen LogP contribution is 2.20. The van der Waals surface area contributed by atoms with Crippen LogP contribution in [0.3, 0.4) is 0 Å². The summed E-state index contributed by atoms with van der Waals surface area (Å²) in [5.41, 5.74) is 5.31. The van der Waals surface area contributed by atoms with Gasteiger partial charge >= 0.3 is 6.03 Å². The fraction of sp³-hybridized carbons (Fsp3) is 0.154. The zero-order valence-electron chi connectivity index (χ0n) is 12.7. The van der Waals surface area contributed by atoms with Gasteiger partial charge in [-0.2, -0.15) is 5.10 Å². The number of nitrogens with zero attached hydrogens (tertiary/aromatic N) is 3. The van der Waals surface area contributed by atoms with Crippen LogP contribution < -0.4 is 16.2 Å². The molecule has 0 saturated heterocycles. The number of nitrogens with one attached hydrogen (secondary N) is 3. The molecule has 0 radical (unpaired) electrons. The van der Waals surface area contributed by atoms with Crippen LogP contribution in [0.15, 0.2) is 28.7 Å². The Hall–Kier alpha value is -2.95. The van der Waals surface area contributed by atoms with Gasteiger partial charge in [0.2, 0.25) is 0 Å². The normalized spacial score (nSPS) is 10.1. The van der Waals surface area contributed by atoms with E-state index in [1.807, 2.05) is 0 Å². The van der Waals surface area contributed by atoms with Crippen LogP contribution in [-0.4, -0.2) is 26.6 Å². The number of non-ortho nitro benzene ring substituents is 1. The average molecular weight is 397 g/mol. The van der Waals surface area contributed by atoms with Crippen molar-refractivity contribution in [2.24, 2.45) is 7.05 Å². The number of hydrazine groups is 1. The molecule has 0 atom stereocenters. The number of carbonyl (C=O) groups is 2. The third kappa shape index (κ3) is 3.87. The second-order valence-electron chi connectivity index (χ2n) is 4.71. The lowest BCUT2D eigenvalue weighted by atomic mass is 10.3. The summed E-state index contributed by atoms with van der Waals surface area (Å²) in [6, 6.07) is 4.66. The number of nitro groups is 1. The molecule has 0 aliphatic rings. The van der Waals surface area contributed by atoms with E-state index in [-0.39, 0.29) is 17.1 Å². The Morgan fingerprint density at radius 3 is 2.62 bits per heavy atom. The molecule has 0 saturated carbocycles. The first-order chi connectivity index (χ1) is 11.3. The molecule has 0 spiro atoms. The number of urea groups is 1. The van der Waals surface area contributed by atoms with Gasteiger partial charge in [-0.1, -0.05) is 6.07 Å². The highest BCUT2D eigenvalue weighted by molar-refractivity contribution is 9.10. The molecule has 2 aromatic rings. The molecule has 1 aromatic heterocycles. The smallest absolute Gasteiger partial charge is 0.306 e. The molecule has 2 rings (SSSR count). The molecular formula is C13H13BrN6O4. The van der Waals surface area contributed by atoms with Crippen molar-refractivity contribution in [1.29, 1.82) is 0 Å². The van der Waals surface area contributed by atoms with E-state index in [1.54, 1.807) is 14.0 Å². The summed E-state index contributed by atoms with van der Waals surface area (Å²) in [5.74, 6) is -0.570. The number of anilines is 1. The Bertz CT molecular complexity index is 819. The molecule has 10 nitrogen and oxygen atoms in total. The number of amides is 3. The molecule has 3 amide bonds. The number of halogens is 1. The maximum absolute atomic E-state index is 12.1. The summed E-state index contributed by atoms with van der Waals surface area (Å²) in [5, 5.41) is 17.1. The number of benzene rings is 1. The van der Waals surface area contributed by atoms with Gasteiger partial charge in [-0.15, -0.1) is 0 Å². The van der Waals surface area contributed by atoms with Crippen molar-refractivity contribution in [2.45, 2.75) is 6.92 Å². The fourth-order valence-corrected chi connectivity index (χ4v) is 2.43. The van der Waals surface area contributed by atoms with Gasteiger partial charge in [-0.05, 0) is 28.9 Å². The van der Waals surface area contributed by atoms with E-state index in [4.69, 9.17) is 0 Å². The molecule has 1 aromatic carbocycles. The van der Waals surface area contributed by atoms with Crippen molar-refractivity contribution in [3.8, 4) is 0 Å². The number of hydrogen-bond donors (Lipinski definition) is 3. The largest absolute Gasteiger partial charge is 0.337 e. The van der Waals surface area contributed by atoms with Crippen LogP contribution in [0, 0.1) is 17.0 Å². The SMILES string of the molecule is Cc1nn(C)c(C(=O)NNC(=O)Nc2cccc([N+](=O)[O-])c2)c1Br. The Morgan fingerprint density at radius 1 is 1.33 bits per heavy atom. The quantitative estimate of drug-likeness (QED) is 0.538. The molecular weight excluding hydrogens is 384 g/mol. The summed E-state index contributed by atoms with van der Waals surface area (Å²) in [4.78, 5) is 33.9. The van der Waals surface area contributed by atoms with E-state index in [0.29, 0.717) is 10.2 Å². The Morgan fingerprint density at radius 2 is 2.04 bits per heavy atom. The molecule has 0 aliphatic carbocycles. The van der Waals surface area contributed by atoms with Gasteiger partial charge < -0.3 is 5.32 Å². The molecule has 0 fully saturated rings. The Labute approximate surface area is 144 Å². The fourth-order valence-electron chi connectivity index (χ4n) is 1.91. The van der Waals surface area contributed by atoms with Crippen LogP contribution in [0.4, 0.5) is 16.2 Å². The van der Waals surface area contributed by atoms with Crippen LogP contribution in [0.2, 0.25) is 0 Å². The van der Waals surface area contributed by atoms with Gasteiger partial charge in [0, 0.05) is 24.9 Å². The summed E-state index contributed by atoms with van der Waals surface area (Å²) in [6.45, 7) is 1.73. The number of hydrogen-bond acceptors (Lipinski definition) is 5. The average Bonchev–Trinajstić information content (AvgIpc) is 2.78. The van der Waals surface area contributed by atoms with E-state index in [0.717, 1.165) is 0 Å². The van der Waals surface area contributed by atoms with E-state index < -0.39 is 16.9 Å². The summed E-state index contributed by atoms with van der Waals surface area (Å²) in [7, 11) is 1.59. The molecule has 11 heteroatoms. The van der Waals surface area contributed by atoms with Gasteiger partial charge in [0.25, 0.3) is 11.6 Å². The maximum atomic E-state index is 12.1.